The van der Waals surface area contributed by atoms with Gasteiger partial charge in [0.1, 0.15) is 0 Å². The van der Waals surface area contributed by atoms with Crippen LogP contribution in [0.15, 0.2) is 97.1 Å². The Morgan fingerprint density at radius 3 is 0.686 bits per heavy atom. The molecular weight excluding hydrogens is 585 g/mol. The van der Waals surface area contributed by atoms with Gasteiger partial charge in [0.15, 0.2) is 0 Å². The topological polar surface area (TPSA) is 0 Å². The first-order chi connectivity index (χ1) is 16.0. The fourth-order valence-electron chi connectivity index (χ4n) is 3.26. The molecule has 0 aliphatic heterocycles. The van der Waals surface area contributed by atoms with Gasteiger partial charge >= 0.3 is 16.5 Å². The Hall–Kier alpha value is -0.626. The summed E-state index contributed by atoms with van der Waals surface area (Å²) in [5.74, 6) is 0. The largest absolute Gasteiger partial charge is 2.00 e. The van der Waals surface area contributed by atoms with Crippen LogP contribution in [0.5, 0.6) is 0 Å². The van der Waals surface area contributed by atoms with Gasteiger partial charge in [-0.05, 0) is 48.9 Å². The number of hydrogen-bond acceptors (Lipinski definition) is 4. The summed E-state index contributed by atoms with van der Waals surface area (Å²) in [6.07, 6.45) is 0. The molecule has 7 heteroatoms. The molecule has 184 valence electrons. The summed E-state index contributed by atoms with van der Waals surface area (Å²) in [5.41, 5.74) is 4.95. The first-order valence-electron chi connectivity index (χ1n) is 10.9. The van der Waals surface area contributed by atoms with Gasteiger partial charge in [-0.1, -0.05) is 119 Å². The van der Waals surface area contributed by atoms with Gasteiger partial charge in [-0.25, -0.2) is 0 Å². The van der Waals surface area contributed by atoms with E-state index in [2.05, 4.69) is 125 Å². The van der Waals surface area contributed by atoms with Gasteiger partial charge in [0.2, 0.25) is 0 Å². The molecule has 0 heterocycles. The number of rotatable bonds is 4. The summed E-state index contributed by atoms with van der Waals surface area (Å²) in [7, 11) is 0. The molecule has 0 fully saturated rings. The van der Waals surface area contributed by atoms with Crippen LogP contribution in [0.3, 0.4) is 0 Å². The van der Waals surface area contributed by atoms with Crippen LogP contribution in [0.4, 0.5) is 0 Å². The van der Waals surface area contributed by atoms with Gasteiger partial charge in [-0.15, -0.1) is 34.1 Å². The summed E-state index contributed by atoms with van der Waals surface area (Å²) in [6.45, 7) is 8.29. The van der Waals surface area contributed by atoms with Crippen LogP contribution < -0.4 is 21.2 Å². The molecule has 0 aliphatic carbocycles. The maximum atomic E-state index is 5.69. The second kappa shape index (κ2) is 13.3. The number of benzene rings is 4. The summed E-state index contributed by atoms with van der Waals surface area (Å²) < 4.78 is 0. The van der Waals surface area contributed by atoms with Crippen LogP contribution >= 0.6 is 10.5 Å². The predicted octanol–water partition coefficient (Wildman–Crippen LogP) is 6.39. The van der Waals surface area contributed by atoms with Gasteiger partial charge < -0.3 is 24.5 Å². The van der Waals surface area contributed by atoms with Crippen molar-refractivity contribution in [1.29, 1.82) is 0 Å². The third-order valence-electron chi connectivity index (χ3n) is 5.50. The van der Waals surface area contributed by atoms with Crippen molar-refractivity contribution in [1.82, 2.24) is 0 Å². The molecule has 0 saturated heterocycles. The molecule has 0 unspecified atom stereocenters. The predicted molar refractivity (Wildman–Crippen MR) is 167 cm³/mol. The monoisotopic (exact) mass is 612 g/mol. The minimum Gasteiger partial charge on any atom is -0.738 e. The molecule has 0 aromatic heterocycles. The molecule has 0 atom stereocenters. The van der Waals surface area contributed by atoms with Crippen molar-refractivity contribution in [3.05, 3.63) is 119 Å². The first-order valence-corrected chi connectivity index (χ1v) is 18.5. The second-order valence-corrected chi connectivity index (χ2v) is 20.7. The molecule has 0 N–H and O–H groups in total. The molecular formula is C28H28NiP2S4. The quantitative estimate of drug-likeness (QED) is 0.149. The maximum Gasteiger partial charge on any atom is 2.00 e. The van der Waals surface area contributed by atoms with Crippen molar-refractivity contribution in [3.8, 4) is 0 Å². The van der Waals surface area contributed by atoms with Crippen LogP contribution in [0.1, 0.15) is 22.3 Å². The van der Waals surface area contributed by atoms with E-state index in [0.717, 1.165) is 21.2 Å². The Balaban J connectivity index is 0.000000240. The molecule has 35 heavy (non-hydrogen) atoms. The SMILES string of the molecule is Cc1ccc(P(=S)([S-])c2ccc(C)cc2)cc1.Cc1ccc(P(=S)([S-])c2ccc(C)cc2)cc1.[Ni+2]. The van der Waals surface area contributed by atoms with Crippen LogP contribution in [0, 0.1) is 27.7 Å². The molecule has 0 radical (unpaired) electrons. The third kappa shape index (κ3) is 8.18. The van der Waals surface area contributed by atoms with Crippen molar-refractivity contribution in [2.24, 2.45) is 0 Å². The van der Waals surface area contributed by atoms with Crippen LogP contribution in [-0.4, -0.2) is 0 Å². The smallest absolute Gasteiger partial charge is 0.738 e. The molecule has 0 amide bonds. The van der Waals surface area contributed by atoms with Crippen LogP contribution in [0.25, 0.3) is 0 Å². The summed E-state index contributed by atoms with van der Waals surface area (Å²) in [5, 5.41) is 0.393. The molecule has 0 bridgehead atoms. The summed E-state index contributed by atoms with van der Waals surface area (Å²) in [4.78, 5) is 0. The van der Waals surface area contributed by atoms with Gasteiger partial charge in [-0.2, -0.15) is 0 Å². The zero-order chi connectivity index (χ0) is 24.9. The molecule has 0 nitrogen and oxygen atoms in total. The van der Waals surface area contributed by atoms with E-state index in [9.17, 15) is 0 Å². The minimum atomic E-state index is -2.02. The Kier molecular flexibility index (Phi) is 11.6. The van der Waals surface area contributed by atoms with Gasteiger partial charge in [-0.3, -0.25) is 0 Å². The van der Waals surface area contributed by atoms with Crippen molar-refractivity contribution < 1.29 is 16.5 Å². The zero-order valence-electron chi connectivity index (χ0n) is 20.1. The average Bonchev–Trinajstić information content (AvgIpc) is 2.81. The molecule has 0 saturated carbocycles. The Labute approximate surface area is 241 Å². The van der Waals surface area contributed by atoms with E-state index >= 15 is 0 Å². The van der Waals surface area contributed by atoms with Gasteiger partial charge in [0.05, 0.1) is 0 Å². The third-order valence-corrected chi connectivity index (χ3v) is 14.5. The van der Waals surface area contributed by atoms with Crippen molar-refractivity contribution in [2.75, 3.05) is 0 Å². The van der Waals surface area contributed by atoms with E-state index in [0.29, 0.717) is 0 Å². The van der Waals surface area contributed by atoms with E-state index in [-0.39, 0.29) is 16.5 Å². The van der Waals surface area contributed by atoms with E-state index in [1.807, 2.05) is 0 Å². The average molecular weight is 613 g/mol. The van der Waals surface area contributed by atoms with Crippen LogP contribution in [-0.2, 0) is 64.6 Å². The Morgan fingerprint density at radius 2 is 0.543 bits per heavy atom. The normalized spacial score (nSPS) is 11.1. The molecule has 4 rings (SSSR count). The van der Waals surface area contributed by atoms with E-state index < -0.39 is 10.5 Å². The Morgan fingerprint density at radius 1 is 0.400 bits per heavy atom. The minimum absolute atomic E-state index is 0. The first kappa shape index (κ1) is 30.6. The second-order valence-electron chi connectivity index (χ2n) is 8.45. The van der Waals surface area contributed by atoms with E-state index in [1.54, 1.807) is 0 Å². The number of hydrogen-bond donors (Lipinski definition) is 0. The van der Waals surface area contributed by atoms with E-state index in [4.69, 9.17) is 48.1 Å². The summed E-state index contributed by atoms with van der Waals surface area (Å²) in [6, 6.07) is 33.2. The van der Waals surface area contributed by atoms with Crippen molar-refractivity contribution in [3.63, 3.8) is 0 Å². The van der Waals surface area contributed by atoms with Crippen molar-refractivity contribution >= 4 is 79.8 Å². The molecule has 4 aromatic carbocycles. The fourth-order valence-corrected chi connectivity index (χ4v) is 8.95. The zero-order valence-corrected chi connectivity index (χ0v) is 26.1. The summed E-state index contributed by atoms with van der Waals surface area (Å²) >= 11 is 22.8. The molecule has 0 spiro atoms. The van der Waals surface area contributed by atoms with Gasteiger partial charge in [0, 0.05) is 0 Å². The van der Waals surface area contributed by atoms with Gasteiger partial charge in [0.25, 0.3) is 0 Å². The number of aryl methyl sites for hydroxylation is 4. The van der Waals surface area contributed by atoms with Crippen LogP contribution in [0.2, 0.25) is 0 Å². The Bertz CT molecular complexity index is 1130. The van der Waals surface area contributed by atoms with E-state index in [1.165, 1.54) is 22.3 Å². The maximum absolute atomic E-state index is 5.69. The fraction of sp³-hybridized carbons (Fsp3) is 0.143. The van der Waals surface area contributed by atoms with Crippen molar-refractivity contribution in [2.45, 2.75) is 27.7 Å². The molecule has 0 aliphatic rings. The molecule has 4 aromatic rings. The standard InChI is InChI=1S/2C14H15PS2.Ni/c2*1-11-3-7-13(8-4-11)15(16,17)14-9-5-12(2)6-10-14;/h2*3-10H,1-2H3,(H,16,17);/q;;+2/p-2.